The predicted molar refractivity (Wildman–Crippen MR) is 74.2 cm³/mol. The molecule has 4 N–H and O–H groups in total. The van der Waals surface area contributed by atoms with Crippen molar-refractivity contribution in [2.75, 3.05) is 31.3 Å². The maximum atomic E-state index is 9.40. The smallest absolute Gasteiger partial charge is 0.126 e. The van der Waals surface area contributed by atoms with E-state index in [1.807, 2.05) is 23.1 Å². The first-order chi connectivity index (χ1) is 8.65. The number of anilines is 1. The molecule has 1 unspecified atom stereocenters. The number of rotatable bonds is 3. The van der Waals surface area contributed by atoms with Crippen molar-refractivity contribution in [2.24, 2.45) is 5.73 Å². The number of ether oxygens (including phenoxy) is 1. The number of benzene rings is 1. The van der Waals surface area contributed by atoms with Crippen LogP contribution in [-0.2, 0) is 4.74 Å². The summed E-state index contributed by atoms with van der Waals surface area (Å²) in [4.78, 5) is 2.05. The third kappa shape index (κ3) is 2.50. The molecular formula is C12H16BrN3O2. The molecule has 0 radical (unpaired) electrons. The van der Waals surface area contributed by atoms with Gasteiger partial charge >= 0.3 is 0 Å². The van der Waals surface area contributed by atoms with Gasteiger partial charge in [0, 0.05) is 16.7 Å². The molecule has 1 aliphatic rings. The maximum absolute atomic E-state index is 9.40. The first-order valence-electron chi connectivity index (χ1n) is 5.73. The number of nitrogen functional groups attached to an aromatic ring is 1. The van der Waals surface area contributed by atoms with Gasteiger partial charge in [-0.3, -0.25) is 5.41 Å². The summed E-state index contributed by atoms with van der Waals surface area (Å²) in [6.07, 6.45) is 0. The van der Waals surface area contributed by atoms with Gasteiger partial charge in [0.2, 0.25) is 0 Å². The summed E-state index contributed by atoms with van der Waals surface area (Å²) in [7, 11) is 0. The molecule has 5 nitrogen and oxygen atoms in total. The normalized spacial score (nSPS) is 19.9. The molecule has 0 spiro atoms. The fourth-order valence-corrected chi connectivity index (χ4v) is 2.71. The van der Waals surface area contributed by atoms with Crippen molar-refractivity contribution in [1.82, 2.24) is 0 Å². The highest BCUT2D eigenvalue weighted by molar-refractivity contribution is 9.10. The standard InChI is InChI=1S/C12H16BrN3O2/c13-9-2-1-3-10(11(9)12(14)15)16-4-5-18-7-8(16)6-17/h1-3,8,17H,4-7H2,(H3,14,15). The van der Waals surface area contributed by atoms with Crippen LogP contribution >= 0.6 is 15.9 Å². The van der Waals surface area contributed by atoms with E-state index in [2.05, 4.69) is 15.9 Å². The van der Waals surface area contributed by atoms with E-state index in [0.29, 0.717) is 25.3 Å². The van der Waals surface area contributed by atoms with Crippen LogP contribution in [0.3, 0.4) is 0 Å². The summed E-state index contributed by atoms with van der Waals surface area (Å²) in [5, 5.41) is 17.1. The number of hydrogen-bond donors (Lipinski definition) is 3. The van der Waals surface area contributed by atoms with Gasteiger partial charge in [-0.05, 0) is 28.1 Å². The fraction of sp³-hybridized carbons (Fsp3) is 0.417. The van der Waals surface area contributed by atoms with E-state index in [0.717, 1.165) is 10.2 Å². The first-order valence-corrected chi connectivity index (χ1v) is 6.52. The molecule has 1 fully saturated rings. The minimum atomic E-state index is -0.0915. The van der Waals surface area contributed by atoms with Crippen LogP contribution in [0.15, 0.2) is 22.7 Å². The second kappa shape index (κ2) is 5.69. The van der Waals surface area contributed by atoms with Crippen molar-refractivity contribution in [1.29, 1.82) is 5.41 Å². The van der Waals surface area contributed by atoms with Crippen molar-refractivity contribution in [3.05, 3.63) is 28.2 Å². The van der Waals surface area contributed by atoms with Gasteiger partial charge in [0.25, 0.3) is 0 Å². The highest BCUT2D eigenvalue weighted by atomic mass is 79.9. The SMILES string of the molecule is N=C(N)c1c(Br)cccc1N1CCOCC1CO. The third-order valence-electron chi connectivity index (χ3n) is 3.01. The Bertz CT molecular complexity index is 453. The third-order valence-corrected chi connectivity index (χ3v) is 3.67. The second-order valence-electron chi connectivity index (χ2n) is 4.15. The molecule has 0 bridgehead atoms. The lowest BCUT2D eigenvalue weighted by molar-refractivity contribution is 0.0727. The van der Waals surface area contributed by atoms with E-state index in [1.54, 1.807) is 0 Å². The van der Waals surface area contributed by atoms with Crippen molar-refractivity contribution >= 4 is 27.5 Å². The monoisotopic (exact) mass is 313 g/mol. The van der Waals surface area contributed by atoms with Gasteiger partial charge in [-0.15, -0.1) is 0 Å². The van der Waals surface area contributed by atoms with Crippen molar-refractivity contribution in [2.45, 2.75) is 6.04 Å². The average Bonchev–Trinajstić information content (AvgIpc) is 2.38. The van der Waals surface area contributed by atoms with Gasteiger partial charge in [-0.2, -0.15) is 0 Å². The number of amidine groups is 1. The largest absolute Gasteiger partial charge is 0.394 e. The van der Waals surface area contributed by atoms with E-state index in [4.69, 9.17) is 15.9 Å². The Kier molecular flexibility index (Phi) is 4.21. The Labute approximate surface area is 114 Å². The highest BCUT2D eigenvalue weighted by Crippen LogP contribution is 2.29. The summed E-state index contributed by atoms with van der Waals surface area (Å²) in [5.41, 5.74) is 7.17. The molecule has 1 aliphatic heterocycles. The lowest BCUT2D eigenvalue weighted by atomic mass is 10.1. The minimum absolute atomic E-state index is 0.0145. The molecule has 0 saturated carbocycles. The summed E-state index contributed by atoms with van der Waals surface area (Å²) < 4.78 is 6.14. The molecule has 0 aliphatic carbocycles. The summed E-state index contributed by atoms with van der Waals surface area (Å²) in [6, 6.07) is 5.57. The summed E-state index contributed by atoms with van der Waals surface area (Å²) >= 11 is 3.41. The molecule has 1 aromatic carbocycles. The van der Waals surface area contributed by atoms with Crippen molar-refractivity contribution < 1.29 is 9.84 Å². The van der Waals surface area contributed by atoms with Gasteiger partial charge in [-0.1, -0.05) is 6.07 Å². The van der Waals surface area contributed by atoms with Crippen LogP contribution in [0.4, 0.5) is 5.69 Å². The van der Waals surface area contributed by atoms with Crippen LogP contribution < -0.4 is 10.6 Å². The van der Waals surface area contributed by atoms with Gasteiger partial charge in [0.05, 0.1) is 31.4 Å². The molecule has 6 heteroatoms. The topological polar surface area (TPSA) is 82.6 Å². The van der Waals surface area contributed by atoms with Gasteiger partial charge < -0.3 is 20.5 Å². The van der Waals surface area contributed by atoms with Crippen LogP contribution in [0.25, 0.3) is 0 Å². The molecular weight excluding hydrogens is 298 g/mol. The van der Waals surface area contributed by atoms with E-state index in [9.17, 15) is 5.11 Å². The van der Waals surface area contributed by atoms with Crippen LogP contribution in [0.5, 0.6) is 0 Å². The summed E-state index contributed by atoms with van der Waals surface area (Å²) in [6.45, 7) is 1.80. The molecule has 0 aromatic heterocycles. The Hall–Kier alpha value is -1.11. The van der Waals surface area contributed by atoms with Crippen molar-refractivity contribution in [3.63, 3.8) is 0 Å². The molecule has 18 heavy (non-hydrogen) atoms. The van der Waals surface area contributed by atoms with Crippen molar-refractivity contribution in [3.8, 4) is 0 Å². The Morgan fingerprint density at radius 1 is 1.61 bits per heavy atom. The van der Waals surface area contributed by atoms with E-state index >= 15 is 0 Å². The fourth-order valence-electron chi connectivity index (χ4n) is 2.14. The number of nitrogens with two attached hydrogens (primary N) is 1. The number of aliphatic hydroxyl groups is 1. The lowest BCUT2D eigenvalue weighted by Crippen LogP contribution is -2.48. The number of halogens is 1. The zero-order valence-corrected chi connectivity index (χ0v) is 11.5. The minimum Gasteiger partial charge on any atom is -0.394 e. The molecule has 2 rings (SSSR count). The van der Waals surface area contributed by atoms with Gasteiger partial charge in [0.1, 0.15) is 5.84 Å². The number of aliphatic hydroxyl groups excluding tert-OH is 1. The molecule has 1 saturated heterocycles. The van der Waals surface area contributed by atoms with E-state index in [1.165, 1.54) is 0 Å². The van der Waals surface area contributed by atoms with Crippen LogP contribution in [0, 0.1) is 5.41 Å². The zero-order chi connectivity index (χ0) is 13.1. The molecule has 1 atom stereocenters. The van der Waals surface area contributed by atoms with E-state index in [-0.39, 0.29) is 18.5 Å². The number of nitrogens with one attached hydrogen (secondary N) is 1. The van der Waals surface area contributed by atoms with Gasteiger partial charge in [0.15, 0.2) is 0 Å². The van der Waals surface area contributed by atoms with Crippen LogP contribution in [-0.4, -0.2) is 43.3 Å². The first kappa shape index (κ1) is 13.3. The maximum Gasteiger partial charge on any atom is 0.126 e. The average molecular weight is 314 g/mol. The molecule has 1 heterocycles. The second-order valence-corrected chi connectivity index (χ2v) is 5.01. The highest BCUT2D eigenvalue weighted by Gasteiger charge is 2.25. The Balaban J connectivity index is 2.42. The Morgan fingerprint density at radius 2 is 2.39 bits per heavy atom. The van der Waals surface area contributed by atoms with E-state index < -0.39 is 0 Å². The quantitative estimate of drug-likeness (QED) is 0.572. The molecule has 98 valence electrons. The number of morpholine rings is 1. The van der Waals surface area contributed by atoms with Crippen LogP contribution in [0.2, 0.25) is 0 Å². The van der Waals surface area contributed by atoms with Crippen LogP contribution in [0.1, 0.15) is 5.56 Å². The number of nitrogens with zero attached hydrogens (tertiary/aromatic N) is 1. The number of hydrogen-bond acceptors (Lipinski definition) is 4. The lowest BCUT2D eigenvalue weighted by Gasteiger charge is -2.37. The molecule has 0 amide bonds. The zero-order valence-electron chi connectivity index (χ0n) is 9.90. The summed E-state index contributed by atoms with van der Waals surface area (Å²) in [5.74, 6) is 0.0145. The predicted octanol–water partition coefficient (Wildman–Crippen LogP) is 0.931. The van der Waals surface area contributed by atoms with Gasteiger partial charge in [-0.25, -0.2) is 0 Å². The molecule has 1 aromatic rings. The Morgan fingerprint density at radius 3 is 3.06 bits per heavy atom.